The van der Waals surface area contributed by atoms with Crippen molar-refractivity contribution < 1.29 is 19.1 Å². The molecular formula is C16H20O4. The van der Waals surface area contributed by atoms with Crippen LogP contribution in [0.25, 0.3) is 0 Å². The van der Waals surface area contributed by atoms with E-state index in [9.17, 15) is 9.59 Å². The first kappa shape index (κ1) is 16.1. The molecule has 108 valence electrons. The van der Waals surface area contributed by atoms with Crippen molar-refractivity contribution in [1.29, 1.82) is 0 Å². The number of carbonyl (C=O) groups excluding carboxylic acids is 2. The van der Waals surface area contributed by atoms with E-state index >= 15 is 0 Å². The molecule has 0 saturated heterocycles. The van der Waals surface area contributed by atoms with Gasteiger partial charge in [0.05, 0.1) is 6.61 Å². The van der Waals surface area contributed by atoms with E-state index in [0.29, 0.717) is 25.0 Å². The third-order valence-corrected chi connectivity index (χ3v) is 2.83. The quantitative estimate of drug-likeness (QED) is 0.416. The van der Waals surface area contributed by atoms with E-state index in [4.69, 9.17) is 9.47 Å². The van der Waals surface area contributed by atoms with E-state index in [1.54, 1.807) is 14.0 Å². The molecule has 4 heteroatoms. The number of carbonyl (C=O) groups is 2. The molecule has 0 aliphatic carbocycles. The summed E-state index contributed by atoms with van der Waals surface area (Å²) in [6.07, 6.45) is 2.05. The standard InChI is InChI=1S/C16H20O4/c1-12(2)16(18)20-11-15-9-13(5-4-8-17)6-7-14(15)10-19-3/h6-9H,1,4-5,10-11H2,2-3H3. The number of ether oxygens (including phenoxy) is 2. The van der Waals surface area contributed by atoms with Crippen molar-refractivity contribution in [3.8, 4) is 0 Å². The summed E-state index contributed by atoms with van der Waals surface area (Å²) in [6.45, 7) is 5.79. The molecule has 20 heavy (non-hydrogen) atoms. The first-order valence-electron chi connectivity index (χ1n) is 6.44. The first-order valence-corrected chi connectivity index (χ1v) is 6.44. The smallest absolute Gasteiger partial charge is 0.333 e. The summed E-state index contributed by atoms with van der Waals surface area (Å²) in [5.74, 6) is -0.410. The molecule has 0 atom stereocenters. The van der Waals surface area contributed by atoms with E-state index in [2.05, 4.69) is 6.58 Å². The van der Waals surface area contributed by atoms with Crippen molar-refractivity contribution in [1.82, 2.24) is 0 Å². The van der Waals surface area contributed by atoms with Crippen LogP contribution in [0.15, 0.2) is 30.4 Å². The highest BCUT2D eigenvalue weighted by Gasteiger charge is 2.08. The molecule has 0 aliphatic rings. The van der Waals surface area contributed by atoms with Crippen LogP contribution in [-0.4, -0.2) is 19.4 Å². The van der Waals surface area contributed by atoms with E-state index in [0.717, 1.165) is 23.0 Å². The van der Waals surface area contributed by atoms with Crippen LogP contribution in [-0.2, 0) is 38.7 Å². The highest BCUT2D eigenvalue weighted by molar-refractivity contribution is 5.86. The summed E-state index contributed by atoms with van der Waals surface area (Å²) in [7, 11) is 1.62. The zero-order valence-electron chi connectivity index (χ0n) is 12.0. The molecule has 0 fully saturated rings. The van der Waals surface area contributed by atoms with Gasteiger partial charge in [-0.1, -0.05) is 24.8 Å². The second kappa shape index (κ2) is 8.27. The Hall–Kier alpha value is -1.94. The molecule has 1 aromatic rings. The van der Waals surface area contributed by atoms with Crippen LogP contribution < -0.4 is 0 Å². The Bertz CT molecular complexity index is 491. The topological polar surface area (TPSA) is 52.6 Å². The fraction of sp³-hybridized carbons (Fsp3) is 0.375. The van der Waals surface area contributed by atoms with Crippen molar-refractivity contribution in [2.45, 2.75) is 33.0 Å². The number of rotatable bonds is 8. The van der Waals surface area contributed by atoms with Gasteiger partial charge in [-0.25, -0.2) is 4.79 Å². The lowest BCUT2D eigenvalue weighted by molar-refractivity contribution is -0.140. The largest absolute Gasteiger partial charge is 0.457 e. The molecule has 0 N–H and O–H groups in total. The van der Waals surface area contributed by atoms with Gasteiger partial charge in [0.1, 0.15) is 12.9 Å². The van der Waals surface area contributed by atoms with Crippen LogP contribution in [0.5, 0.6) is 0 Å². The maximum absolute atomic E-state index is 11.4. The van der Waals surface area contributed by atoms with Gasteiger partial charge in [-0.05, 0) is 30.0 Å². The lowest BCUT2D eigenvalue weighted by Gasteiger charge is -2.12. The van der Waals surface area contributed by atoms with Crippen molar-refractivity contribution in [2.75, 3.05) is 7.11 Å². The van der Waals surface area contributed by atoms with E-state index in [1.807, 2.05) is 18.2 Å². The summed E-state index contributed by atoms with van der Waals surface area (Å²) in [5.41, 5.74) is 3.27. The number of methoxy groups -OCH3 is 1. The van der Waals surface area contributed by atoms with Crippen molar-refractivity contribution in [3.63, 3.8) is 0 Å². The van der Waals surface area contributed by atoms with Crippen LogP contribution in [0.2, 0.25) is 0 Å². The van der Waals surface area contributed by atoms with Crippen LogP contribution in [0.1, 0.15) is 30.0 Å². The molecule has 0 amide bonds. The highest BCUT2D eigenvalue weighted by Crippen LogP contribution is 2.16. The number of hydrogen-bond acceptors (Lipinski definition) is 4. The van der Waals surface area contributed by atoms with Gasteiger partial charge >= 0.3 is 5.97 Å². The Morgan fingerprint density at radius 3 is 2.65 bits per heavy atom. The van der Waals surface area contributed by atoms with Crippen molar-refractivity contribution >= 4 is 12.3 Å². The summed E-state index contributed by atoms with van der Waals surface area (Å²) in [4.78, 5) is 21.9. The number of esters is 1. The molecule has 0 heterocycles. The summed E-state index contributed by atoms with van der Waals surface area (Å²) in [6, 6.07) is 5.85. The Labute approximate surface area is 119 Å². The minimum absolute atomic E-state index is 0.180. The Kier molecular flexibility index (Phi) is 6.67. The highest BCUT2D eigenvalue weighted by atomic mass is 16.5. The Morgan fingerprint density at radius 2 is 2.05 bits per heavy atom. The van der Waals surface area contributed by atoms with Gasteiger partial charge in [-0.15, -0.1) is 0 Å². The van der Waals surface area contributed by atoms with Gasteiger partial charge in [0.2, 0.25) is 0 Å². The van der Waals surface area contributed by atoms with Crippen LogP contribution in [0.3, 0.4) is 0 Å². The summed E-state index contributed by atoms with van der Waals surface area (Å²) >= 11 is 0. The normalized spacial score (nSPS) is 10.1. The fourth-order valence-corrected chi connectivity index (χ4v) is 1.76. The molecule has 1 aromatic carbocycles. The number of hydrogen-bond donors (Lipinski definition) is 0. The Balaban J connectivity index is 2.84. The third kappa shape index (κ3) is 4.97. The Morgan fingerprint density at radius 1 is 1.30 bits per heavy atom. The first-order chi connectivity index (χ1) is 9.58. The average molecular weight is 276 g/mol. The molecule has 0 unspecified atom stereocenters. The zero-order chi connectivity index (χ0) is 15.0. The minimum Gasteiger partial charge on any atom is -0.457 e. The maximum Gasteiger partial charge on any atom is 0.333 e. The molecule has 0 saturated carbocycles. The average Bonchev–Trinajstić information content (AvgIpc) is 2.44. The third-order valence-electron chi connectivity index (χ3n) is 2.83. The summed E-state index contributed by atoms with van der Waals surface area (Å²) in [5, 5.41) is 0. The van der Waals surface area contributed by atoms with Gasteiger partial charge in [0.15, 0.2) is 0 Å². The lowest BCUT2D eigenvalue weighted by Crippen LogP contribution is -2.07. The van der Waals surface area contributed by atoms with Crippen LogP contribution in [0, 0.1) is 0 Å². The van der Waals surface area contributed by atoms with Crippen molar-refractivity contribution in [2.24, 2.45) is 0 Å². The van der Waals surface area contributed by atoms with Crippen molar-refractivity contribution in [3.05, 3.63) is 47.0 Å². The van der Waals surface area contributed by atoms with E-state index in [1.165, 1.54) is 0 Å². The number of aldehydes is 1. The molecule has 0 radical (unpaired) electrons. The minimum atomic E-state index is -0.410. The second-order valence-corrected chi connectivity index (χ2v) is 4.60. The maximum atomic E-state index is 11.4. The molecule has 0 aliphatic heterocycles. The molecule has 4 nitrogen and oxygen atoms in total. The van der Waals surface area contributed by atoms with E-state index < -0.39 is 5.97 Å². The zero-order valence-corrected chi connectivity index (χ0v) is 12.0. The fourth-order valence-electron chi connectivity index (χ4n) is 1.76. The van der Waals surface area contributed by atoms with Crippen LogP contribution in [0.4, 0.5) is 0 Å². The predicted molar refractivity (Wildman–Crippen MR) is 76.2 cm³/mol. The SMILES string of the molecule is C=C(C)C(=O)OCc1cc(CCC=O)ccc1COC. The molecule has 0 bridgehead atoms. The van der Waals surface area contributed by atoms with E-state index in [-0.39, 0.29) is 6.61 Å². The second-order valence-electron chi connectivity index (χ2n) is 4.60. The van der Waals surface area contributed by atoms with Gasteiger partial charge in [0.25, 0.3) is 0 Å². The monoisotopic (exact) mass is 276 g/mol. The van der Waals surface area contributed by atoms with Gasteiger partial charge in [-0.3, -0.25) is 0 Å². The molecule has 0 aromatic heterocycles. The number of aryl methyl sites for hydroxylation is 1. The van der Waals surface area contributed by atoms with Gasteiger partial charge in [0, 0.05) is 19.1 Å². The molecule has 0 spiro atoms. The molecule has 1 rings (SSSR count). The summed E-state index contributed by atoms with van der Waals surface area (Å²) < 4.78 is 10.3. The van der Waals surface area contributed by atoms with Gasteiger partial charge in [-0.2, -0.15) is 0 Å². The van der Waals surface area contributed by atoms with Gasteiger partial charge < -0.3 is 14.3 Å². The molecular weight excluding hydrogens is 256 g/mol. The predicted octanol–water partition coefficient (Wildman–Crippen LogP) is 2.58. The number of benzene rings is 1. The van der Waals surface area contributed by atoms with Crippen LogP contribution >= 0.6 is 0 Å². The lowest BCUT2D eigenvalue weighted by atomic mass is 10.0.